The largest absolute Gasteiger partial charge is 0.361 e. The fourth-order valence-electron chi connectivity index (χ4n) is 3.97. The lowest BCUT2D eigenvalue weighted by molar-refractivity contribution is 0.266. The SMILES string of the molecule is Cc1noc(C)c1-c1cc(C[C@@H]2CCCN(Cc3ncc[nH]3)CC2)ncn1. The van der Waals surface area contributed by atoms with E-state index < -0.39 is 0 Å². The Bertz CT molecular complexity index is 853. The Morgan fingerprint density at radius 3 is 2.89 bits per heavy atom. The molecular formula is C20H26N6O. The molecular weight excluding hydrogens is 340 g/mol. The van der Waals surface area contributed by atoms with Gasteiger partial charge < -0.3 is 9.51 Å². The summed E-state index contributed by atoms with van der Waals surface area (Å²) in [5.74, 6) is 2.51. The van der Waals surface area contributed by atoms with Crippen molar-refractivity contribution in [2.45, 2.75) is 46.1 Å². The van der Waals surface area contributed by atoms with E-state index in [1.54, 1.807) is 6.33 Å². The second kappa shape index (κ2) is 8.00. The van der Waals surface area contributed by atoms with E-state index in [1.165, 1.54) is 19.3 Å². The van der Waals surface area contributed by atoms with Crippen molar-refractivity contribution < 1.29 is 4.52 Å². The number of aromatic nitrogens is 5. The Kier molecular flexibility index (Phi) is 5.29. The van der Waals surface area contributed by atoms with Crippen LogP contribution in [0, 0.1) is 19.8 Å². The molecule has 0 aromatic carbocycles. The van der Waals surface area contributed by atoms with E-state index in [0.717, 1.165) is 60.3 Å². The second-order valence-corrected chi connectivity index (χ2v) is 7.41. The lowest BCUT2D eigenvalue weighted by Gasteiger charge is -2.18. The Labute approximate surface area is 159 Å². The van der Waals surface area contributed by atoms with Gasteiger partial charge in [-0.1, -0.05) is 5.16 Å². The van der Waals surface area contributed by atoms with E-state index in [1.807, 2.05) is 26.2 Å². The Balaban J connectivity index is 1.40. The van der Waals surface area contributed by atoms with Gasteiger partial charge >= 0.3 is 0 Å². The minimum Gasteiger partial charge on any atom is -0.361 e. The van der Waals surface area contributed by atoms with Crippen LogP contribution in [0.1, 0.15) is 42.2 Å². The molecule has 1 atom stereocenters. The van der Waals surface area contributed by atoms with E-state index >= 15 is 0 Å². The quantitative estimate of drug-likeness (QED) is 0.746. The fourth-order valence-corrected chi connectivity index (χ4v) is 3.97. The summed E-state index contributed by atoms with van der Waals surface area (Å²) in [5, 5.41) is 4.04. The molecule has 4 heterocycles. The molecule has 0 spiro atoms. The van der Waals surface area contributed by atoms with Crippen LogP contribution in [-0.2, 0) is 13.0 Å². The average molecular weight is 366 g/mol. The van der Waals surface area contributed by atoms with Crippen LogP contribution in [-0.4, -0.2) is 43.1 Å². The molecule has 0 bridgehead atoms. The number of nitrogens with one attached hydrogen (secondary N) is 1. The molecule has 7 nitrogen and oxygen atoms in total. The van der Waals surface area contributed by atoms with E-state index in [2.05, 4.69) is 36.1 Å². The predicted octanol–water partition coefficient (Wildman–Crippen LogP) is 3.32. The normalized spacial score (nSPS) is 18.5. The van der Waals surface area contributed by atoms with E-state index in [-0.39, 0.29) is 0 Å². The Morgan fingerprint density at radius 2 is 2.11 bits per heavy atom. The molecule has 0 unspecified atom stereocenters. The lowest BCUT2D eigenvalue weighted by atomic mass is 9.94. The van der Waals surface area contributed by atoms with Crippen molar-refractivity contribution in [2.75, 3.05) is 13.1 Å². The molecule has 0 saturated carbocycles. The molecule has 1 aliphatic heterocycles. The van der Waals surface area contributed by atoms with Gasteiger partial charge in [0.1, 0.15) is 17.9 Å². The molecule has 0 aliphatic carbocycles. The maximum atomic E-state index is 5.29. The predicted molar refractivity (Wildman–Crippen MR) is 102 cm³/mol. The molecule has 1 aliphatic rings. The summed E-state index contributed by atoms with van der Waals surface area (Å²) in [4.78, 5) is 19.0. The van der Waals surface area contributed by atoms with Crippen LogP contribution in [0.25, 0.3) is 11.3 Å². The number of hydrogen-bond donors (Lipinski definition) is 1. The van der Waals surface area contributed by atoms with Gasteiger partial charge in [0, 0.05) is 18.1 Å². The van der Waals surface area contributed by atoms with Gasteiger partial charge in [-0.2, -0.15) is 0 Å². The van der Waals surface area contributed by atoms with Crippen molar-refractivity contribution in [3.63, 3.8) is 0 Å². The Hall–Kier alpha value is -2.54. The van der Waals surface area contributed by atoms with Gasteiger partial charge in [0.2, 0.25) is 0 Å². The van der Waals surface area contributed by atoms with E-state index in [4.69, 9.17) is 4.52 Å². The first-order valence-electron chi connectivity index (χ1n) is 9.64. The van der Waals surface area contributed by atoms with E-state index in [0.29, 0.717) is 5.92 Å². The van der Waals surface area contributed by atoms with Crippen LogP contribution in [0.15, 0.2) is 29.3 Å². The zero-order chi connectivity index (χ0) is 18.6. The first kappa shape index (κ1) is 17.9. The van der Waals surface area contributed by atoms with Crippen LogP contribution in [0.4, 0.5) is 0 Å². The summed E-state index contributed by atoms with van der Waals surface area (Å²) >= 11 is 0. The lowest BCUT2D eigenvalue weighted by Crippen LogP contribution is -2.25. The smallest absolute Gasteiger partial charge is 0.143 e. The van der Waals surface area contributed by atoms with Crippen molar-refractivity contribution in [2.24, 2.45) is 5.92 Å². The number of nitrogens with zero attached hydrogens (tertiary/aromatic N) is 5. The molecule has 1 saturated heterocycles. The summed E-state index contributed by atoms with van der Waals surface area (Å²) in [6.07, 6.45) is 10.0. The number of rotatable bonds is 5. The average Bonchev–Trinajstić information content (AvgIpc) is 3.22. The first-order valence-corrected chi connectivity index (χ1v) is 9.64. The van der Waals surface area contributed by atoms with Crippen molar-refractivity contribution in [3.8, 4) is 11.3 Å². The van der Waals surface area contributed by atoms with Crippen LogP contribution >= 0.6 is 0 Å². The monoisotopic (exact) mass is 366 g/mol. The number of aryl methyl sites for hydroxylation is 2. The van der Waals surface area contributed by atoms with Crippen molar-refractivity contribution in [1.82, 2.24) is 30.0 Å². The number of likely N-dealkylation sites (tertiary alicyclic amines) is 1. The number of hydrogen-bond acceptors (Lipinski definition) is 6. The highest BCUT2D eigenvalue weighted by molar-refractivity contribution is 5.63. The number of aromatic amines is 1. The highest BCUT2D eigenvalue weighted by atomic mass is 16.5. The number of H-pyrrole nitrogens is 1. The third kappa shape index (κ3) is 4.24. The summed E-state index contributed by atoms with van der Waals surface area (Å²) in [6.45, 7) is 7.02. The number of imidazole rings is 1. The van der Waals surface area contributed by atoms with Gasteiger partial charge in [0.15, 0.2) is 0 Å². The second-order valence-electron chi connectivity index (χ2n) is 7.41. The van der Waals surface area contributed by atoms with Gasteiger partial charge in [-0.05, 0) is 64.6 Å². The van der Waals surface area contributed by atoms with E-state index in [9.17, 15) is 0 Å². The molecule has 3 aromatic heterocycles. The molecule has 1 N–H and O–H groups in total. The fraction of sp³-hybridized carbons (Fsp3) is 0.500. The van der Waals surface area contributed by atoms with Gasteiger partial charge in [0.05, 0.1) is 23.5 Å². The minimum atomic E-state index is 0.652. The van der Waals surface area contributed by atoms with Crippen LogP contribution < -0.4 is 0 Å². The summed E-state index contributed by atoms with van der Waals surface area (Å²) in [6, 6.07) is 2.10. The third-order valence-corrected chi connectivity index (χ3v) is 5.38. The highest BCUT2D eigenvalue weighted by Crippen LogP contribution is 2.27. The highest BCUT2D eigenvalue weighted by Gasteiger charge is 2.20. The van der Waals surface area contributed by atoms with Gasteiger partial charge in [-0.3, -0.25) is 4.90 Å². The molecule has 3 aromatic rings. The van der Waals surface area contributed by atoms with Gasteiger partial charge in [-0.15, -0.1) is 0 Å². The topological polar surface area (TPSA) is 83.7 Å². The van der Waals surface area contributed by atoms with Crippen LogP contribution in [0.2, 0.25) is 0 Å². The van der Waals surface area contributed by atoms with Crippen molar-refractivity contribution >= 4 is 0 Å². The third-order valence-electron chi connectivity index (χ3n) is 5.38. The maximum Gasteiger partial charge on any atom is 0.143 e. The molecule has 27 heavy (non-hydrogen) atoms. The van der Waals surface area contributed by atoms with Gasteiger partial charge in [-0.25, -0.2) is 15.0 Å². The molecule has 1 fully saturated rings. The van der Waals surface area contributed by atoms with Gasteiger partial charge in [0.25, 0.3) is 0 Å². The summed E-state index contributed by atoms with van der Waals surface area (Å²) < 4.78 is 5.29. The minimum absolute atomic E-state index is 0.652. The van der Waals surface area contributed by atoms with Crippen LogP contribution in [0.5, 0.6) is 0 Å². The zero-order valence-electron chi connectivity index (χ0n) is 16.0. The molecule has 4 rings (SSSR count). The van der Waals surface area contributed by atoms with Crippen LogP contribution in [0.3, 0.4) is 0 Å². The standard InChI is InChI=1S/C20H26N6O/c1-14-20(15(2)27-25-14)18-11-17(23-13-24-18)10-16-4-3-8-26(9-5-16)12-19-21-6-7-22-19/h6-7,11,13,16H,3-5,8-10,12H2,1-2H3,(H,21,22)/t16-/m1/s1. The molecule has 0 amide bonds. The van der Waals surface area contributed by atoms with Crippen molar-refractivity contribution in [1.29, 1.82) is 0 Å². The maximum absolute atomic E-state index is 5.29. The molecule has 0 radical (unpaired) electrons. The summed E-state index contributed by atoms with van der Waals surface area (Å²) in [7, 11) is 0. The Morgan fingerprint density at radius 1 is 1.19 bits per heavy atom. The zero-order valence-corrected chi connectivity index (χ0v) is 16.0. The summed E-state index contributed by atoms with van der Waals surface area (Å²) in [5.41, 5.74) is 3.87. The molecule has 142 valence electrons. The molecule has 7 heteroatoms. The first-order chi connectivity index (χ1) is 13.2. The van der Waals surface area contributed by atoms with Crippen molar-refractivity contribution in [3.05, 3.63) is 47.8 Å².